The quantitative estimate of drug-likeness (QED) is 0.691. The number of hydrogen-bond donors (Lipinski definition) is 0. The lowest BCUT2D eigenvalue weighted by Gasteiger charge is -2.32. The van der Waals surface area contributed by atoms with E-state index < -0.39 is 5.67 Å². The molecule has 0 atom stereocenters. The number of pyridine rings is 1. The maximum atomic E-state index is 13.6. The summed E-state index contributed by atoms with van der Waals surface area (Å²) in [4.78, 5) is 4.03. The topological polar surface area (TPSA) is 22.1 Å². The van der Waals surface area contributed by atoms with E-state index in [1.165, 1.54) is 0 Å². The third-order valence-electron chi connectivity index (χ3n) is 1.84. The summed E-state index contributed by atoms with van der Waals surface area (Å²) in [6, 6.07) is 5.21. The standard InChI is InChI=1S/C8H7BrFNO/c9-7-3-1-2-6(11-7)8(10)4-12-5-8/h1-3H,4-5H2. The third kappa shape index (κ3) is 1.25. The van der Waals surface area contributed by atoms with Gasteiger partial charge in [0.15, 0.2) is 5.67 Å². The Morgan fingerprint density at radius 1 is 1.50 bits per heavy atom. The van der Waals surface area contributed by atoms with Crippen molar-refractivity contribution in [3.05, 3.63) is 28.5 Å². The average molecular weight is 232 g/mol. The molecule has 1 aliphatic heterocycles. The molecule has 0 saturated carbocycles. The van der Waals surface area contributed by atoms with Crippen molar-refractivity contribution in [3.63, 3.8) is 0 Å². The van der Waals surface area contributed by atoms with Crippen molar-refractivity contribution >= 4 is 15.9 Å². The molecule has 0 unspecified atom stereocenters. The van der Waals surface area contributed by atoms with Gasteiger partial charge in [0.05, 0.1) is 18.9 Å². The van der Waals surface area contributed by atoms with Crippen LogP contribution in [0.1, 0.15) is 5.69 Å². The zero-order valence-electron chi connectivity index (χ0n) is 6.26. The minimum Gasteiger partial charge on any atom is -0.374 e. The van der Waals surface area contributed by atoms with Gasteiger partial charge < -0.3 is 4.74 Å². The number of nitrogens with zero attached hydrogens (tertiary/aromatic N) is 1. The normalized spacial score (nSPS) is 20.2. The van der Waals surface area contributed by atoms with E-state index in [0.717, 1.165) is 0 Å². The Bertz CT molecular complexity index is 301. The zero-order valence-corrected chi connectivity index (χ0v) is 7.84. The van der Waals surface area contributed by atoms with Gasteiger partial charge in [0.2, 0.25) is 0 Å². The Balaban J connectivity index is 2.33. The summed E-state index contributed by atoms with van der Waals surface area (Å²) in [5, 5.41) is 0. The molecule has 1 aliphatic rings. The molecule has 1 saturated heterocycles. The molecule has 0 radical (unpaired) electrons. The molecule has 2 rings (SSSR count). The molecule has 64 valence electrons. The molecule has 1 aromatic heterocycles. The predicted molar refractivity (Wildman–Crippen MR) is 45.5 cm³/mol. The van der Waals surface area contributed by atoms with E-state index >= 15 is 0 Å². The van der Waals surface area contributed by atoms with Gasteiger partial charge in [0, 0.05) is 0 Å². The molecule has 2 nitrogen and oxygen atoms in total. The summed E-state index contributed by atoms with van der Waals surface area (Å²) in [7, 11) is 0. The van der Waals surface area contributed by atoms with Gasteiger partial charge in [-0.15, -0.1) is 0 Å². The van der Waals surface area contributed by atoms with Crippen LogP contribution in [-0.2, 0) is 10.4 Å². The smallest absolute Gasteiger partial charge is 0.198 e. The van der Waals surface area contributed by atoms with Gasteiger partial charge in [-0.05, 0) is 28.1 Å². The molecule has 0 amide bonds. The molecule has 0 bridgehead atoms. The van der Waals surface area contributed by atoms with Crippen LogP contribution in [0, 0.1) is 0 Å². The fourth-order valence-corrected chi connectivity index (χ4v) is 1.43. The molecule has 0 N–H and O–H groups in total. The van der Waals surface area contributed by atoms with Crippen LogP contribution < -0.4 is 0 Å². The zero-order chi connectivity index (χ0) is 8.60. The Morgan fingerprint density at radius 2 is 2.25 bits per heavy atom. The highest BCUT2D eigenvalue weighted by molar-refractivity contribution is 9.10. The molecule has 12 heavy (non-hydrogen) atoms. The van der Waals surface area contributed by atoms with Crippen molar-refractivity contribution in [1.82, 2.24) is 4.98 Å². The molecular formula is C8H7BrFNO. The summed E-state index contributed by atoms with van der Waals surface area (Å²) < 4.78 is 19.1. The highest BCUT2D eigenvalue weighted by Gasteiger charge is 2.42. The number of aromatic nitrogens is 1. The summed E-state index contributed by atoms with van der Waals surface area (Å²) in [5.41, 5.74) is -0.910. The predicted octanol–water partition coefficient (Wildman–Crippen LogP) is 2.04. The first-order chi connectivity index (χ1) is 5.71. The lowest BCUT2D eigenvalue weighted by Crippen LogP contribution is -2.43. The fourth-order valence-electron chi connectivity index (χ4n) is 1.09. The van der Waals surface area contributed by atoms with E-state index in [9.17, 15) is 4.39 Å². The molecule has 0 spiro atoms. The van der Waals surface area contributed by atoms with Crippen molar-refractivity contribution in [2.45, 2.75) is 5.67 Å². The number of rotatable bonds is 1. The monoisotopic (exact) mass is 231 g/mol. The first kappa shape index (κ1) is 8.13. The summed E-state index contributed by atoms with van der Waals surface area (Å²) in [6.07, 6.45) is 0. The minimum atomic E-state index is -1.36. The molecular weight excluding hydrogens is 225 g/mol. The van der Waals surface area contributed by atoms with Crippen LogP contribution in [0.25, 0.3) is 0 Å². The van der Waals surface area contributed by atoms with Crippen LogP contribution in [0.4, 0.5) is 4.39 Å². The van der Waals surface area contributed by atoms with E-state index in [0.29, 0.717) is 10.3 Å². The lowest BCUT2D eigenvalue weighted by molar-refractivity contribution is -0.137. The Labute approximate surface area is 77.9 Å². The molecule has 0 aromatic carbocycles. The van der Waals surface area contributed by atoms with Gasteiger partial charge in [-0.3, -0.25) is 0 Å². The van der Waals surface area contributed by atoms with Gasteiger partial charge in [-0.1, -0.05) is 6.07 Å². The first-order valence-electron chi connectivity index (χ1n) is 3.60. The fraction of sp³-hybridized carbons (Fsp3) is 0.375. The Kier molecular flexibility index (Phi) is 1.88. The highest BCUT2D eigenvalue weighted by atomic mass is 79.9. The molecule has 0 aliphatic carbocycles. The van der Waals surface area contributed by atoms with Crippen LogP contribution >= 0.6 is 15.9 Å². The minimum absolute atomic E-state index is 0.121. The Hall–Kier alpha value is -0.480. The first-order valence-corrected chi connectivity index (χ1v) is 4.40. The third-order valence-corrected chi connectivity index (χ3v) is 2.28. The van der Waals surface area contributed by atoms with Gasteiger partial charge in [-0.25, -0.2) is 9.37 Å². The van der Waals surface area contributed by atoms with E-state index in [1.807, 2.05) is 0 Å². The maximum Gasteiger partial charge on any atom is 0.198 e. The highest BCUT2D eigenvalue weighted by Crippen LogP contribution is 2.32. The second-order valence-corrected chi connectivity index (χ2v) is 3.62. The number of hydrogen-bond acceptors (Lipinski definition) is 2. The summed E-state index contributed by atoms with van der Waals surface area (Å²) in [6.45, 7) is 0.243. The second-order valence-electron chi connectivity index (χ2n) is 2.80. The molecule has 2 heterocycles. The summed E-state index contributed by atoms with van der Waals surface area (Å²) >= 11 is 3.19. The Morgan fingerprint density at radius 3 is 2.75 bits per heavy atom. The van der Waals surface area contributed by atoms with Crippen LogP contribution in [-0.4, -0.2) is 18.2 Å². The average Bonchev–Trinajstić information content (AvgIpc) is 2.00. The van der Waals surface area contributed by atoms with Gasteiger partial charge in [-0.2, -0.15) is 0 Å². The van der Waals surface area contributed by atoms with Crippen LogP contribution in [0.15, 0.2) is 22.8 Å². The maximum absolute atomic E-state index is 13.6. The van der Waals surface area contributed by atoms with Gasteiger partial charge >= 0.3 is 0 Å². The van der Waals surface area contributed by atoms with Crippen LogP contribution in [0.3, 0.4) is 0 Å². The van der Waals surface area contributed by atoms with E-state index in [1.54, 1.807) is 18.2 Å². The van der Waals surface area contributed by atoms with Gasteiger partial charge in [0.1, 0.15) is 4.60 Å². The largest absolute Gasteiger partial charge is 0.374 e. The molecule has 1 fully saturated rings. The van der Waals surface area contributed by atoms with Crippen molar-refractivity contribution < 1.29 is 9.13 Å². The van der Waals surface area contributed by atoms with E-state index in [-0.39, 0.29) is 13.2 Å². The molecule has 4 heteroatoms. The number of halogens is 2. The van der Waals surface area contributed by atoms with Crippen molar-refractivity contribution in [2.24, 2.45) is 0 Å². The SMILES string of the molecule is FC1(c2cccc(Br)n2)COC1. The molecule has 1 aromatic rings. The summed E-state index contributed by atoms with van der Waals surface area (Å²) in [5.74, 6) is 0. The van der Waals surface area contributed by atoms with Crippen LogP contribution in [0.5, 0.6) is 0 Å². The van der Waals surface area contributed by atoms with Gasteiger partial charge in [0.25, 0.3) is 0 Å². The van der Waals surface area contributed by atoms with Crippen molar-refractivity contribution in [2.75, 3.05) is 13.2 Å². The van der Waals surface area contributed by atoms with Crippen molar-refractivity contribution in [1.29, 1.82) is 0 Å². The van der Waals surface area contributed by atoms with E-state index in [4.69, 9.17) is 4.74 Å². The number of ether oxygens (including phenoxy) is 1. The second kappa shape index (κ2) is 2.78. The van der Waals surface area contributed by atoms with E-state index in [2.05, 4.69) is 20.9 Å². The van der Waals surface area contributed by atoms with Crippen LogP contribution in [0.2, 0.25) is 0 Å². The lowest BCUT2D eigenvalue weighted by atomic mass is 10.00. The number of alkyl halides is 1. The van der Waals surface area contributed by atoms with Crippen molar-refractivity contribution in [3.8, 4) is 0 Å².